The molecule has 0 aliphatic rings. The lowest BCUT2D eigenvalue weighted by molar-refractivity contribution is -0.108. The third kappa shape index (κ3) is 2.04. The van der Waals surface area contributed by atoms with E-state index in [0.29, 0.717) is 11.8 Å². The van der Waals surface area contributed by atoms with E-state index in [1.165, 1.54) is 6.07 Å². The van der Waals surface area contributed by atoms with E-state index in [9.17, 15) is 9.18 Å². The van der Waals surface area contributed by atoms with Crippen LogP contribution in [0.15, 0.2) is 18.2 Å². The van der Waals surface area contributed by atoms with Gasteiger partial charge >= 0.3 is 0 Å². The Morgan fingerprint density at radius 1 is 1.62 bits per heavy atom. The minimum Gasteiger partial charge on any atom is -0.302 e. The number of nitriles is 1. The second-order valence-electron chi connectivity index (χ2n) is 2.41. The minimum atomic E-state index is -0.923. The number of halogens is 2. The highest BCUT2D eigenvalue weighted by Gasteiger charge is 2.12. The lowest BCUT2D eigenvalue weighted by Crippen LogP contribution is -1.97. The molecule has 66 valence electrons. The molecule has 0 aliphatic carbocycles. The Bertz CT molecular complexity index is 372. The fourth-order valence-corrected chi connectivity index (χ4v) is 1.21. The van der Waals surface area contributed by atoms with Gasteiger partial charge in [0.1, 0.15) is 18.0 Å². The van der Waals surface area contributed by atoms with Gasteiger partial charge in [-0.3, -0.25) is 0 Å². The lowest BCUT2D eigenvalue weighted by Gasteiger charge is -2.03. The average molecular weight is 198 g/mol. The summed E-state index contributed by atoms with van der Waals surface area (Å²) in [7, 11) is 0. The predicted octanol–water partition coefficient (Wildman–Crippen LogP) is 2.29. The summed E-state index contributed by atoms with van der Waals surface area (Å²) in [5.41, 5.74) is 0.334. The molecular weight excluding hydrogens is 193 g/mol. The number of rotatable bonds is 2. The van der Waals surface area contributed by atoms with Crippen molar-refractivity contribution in [2.24, 2.45) is 0 Å². The molecule has 0 bridgehead atoms. The summed E-state index contributed by atoms with van der Waals surface area (Å²) in [6, 6.07) is 5.32. The Labute approximate surface area is 79.5 Å². The molecule has 0 radical (unpaired) electrons. The molecule has 0 heterocycles. The summed E-state index contributed by atoms with van der Waals surface area (Å²) in [5.74, 6) is -1.41. The number of hydrogen-bond donors (Lipinski definition) is 0. The molecule has 1 rings (SSSR count). The zero-order valence-electron chi connectivity index (χ0n) is 6.50. The van der Waals surface area contributed by atoms with E-state index in [2.05, 4.69) is 0 Å². The summed E-state index contributed by atoms with van der Waals surface area (Å²) in [6.07, 6.45) is 0.471. The summed E-state index contributed by atoms with van der Waals surface area (Å²) in [4.78, 5) is 10.4. The van der Waals surface area contributed by atoms with Crippen molar-refractivity contribution in [2.75, 3.05) is 0 Å². The Morgan fingerprint density at radius 2 is 2.31 bits per heavy atom. The molecule has 2 nitrogen and oxygen atoms in total. The molecule has 0 aliphatic heterocycles. The molecule has 1 aromatic carbocycles. The van der Waals surface area contributed by atoms with Gasteiger partial charge in [-0.15, -0.1) is 0 Å². The molecule has 1 unspecified atom stereocenters. The van der Waals surface area contributed by atoms with Gasteiger partial charge in [-0.25, -0.2) is 4.39 Å². The topological polar surface area (TPSA) is 40.9 Å². The van der Waals surface area contributed by atoms with Crippen LogP contribution < -0.4 is 0 Å². The number of carbonyl (C=O) groups excluding carboxylic acids is 1. The monoisotopic (exact) mass is 197 g/mol. The van der Waals surface area contributed by atoms with Crippen molar-refractivity contribution in [2.45, 2.75) is 5.92 Å². The highest BCUT2D eigenvalue weighted by atomic mass is 35.5. The van der Waals surface area contributed by atoms with Crippen molar-refractivity contribution >= 4 is 17.9 Å². The van der Waals surface area contributed by atoms with E-state index in [-0.39, 0.29) is 5.02 Å². The quantitative estimate of drug-likeness (QED) is 0.683. The summed E-state index contributed by atoms with van der Waals surface area (Å²) in [6.45, 7) is 0. The number of aldehydes is 1. The summed E-state index contributed by atoms with van der Waals surface area (Å²) in [5, 5.41) is 8.64. The Balaban J connectivity index is 3.16. The first-order chi connectivity index (χ1) is 6.19. The van der Waals surface area contributed by atoms with Gasteiger partial charge in [-0.2, -0.15) is 5.26 Å². The van der Waals surface area contributed by atoms with Crippen molar-refractivity contribution in [1.29, 1.82) is 5.26 Å². The molecule has 0 spiro atoms. The summed E-state index contributed by atoms with van der Waals surface area (Å²) >= 11 is 5.63. The van der Waals surface area contributed by atoms with Crippen LogP contribution in [0.3, 0.4) is 0 Å². The zero-order chi connectivity index (χ0) is 9.84. The van der Waals surface area contributed by atoms with Crippen LogP contribution in [0.25, 0.3) is 0 Å². The smallest absolute Gasteiger partial charge is 0.141 e. The first kappa shape index (κ1) is 9.69. The fraction of sp³-hybridized carbons (Fsp3) is 0.111. The number of carbonyl (C=O) groups is 1. The molecule has 0 amide bonds. The maximum absolute atomic E-state index is 12.6. The predicted molar refractivity (Wildman–Crippen MR) is 45.8 cm³/mol. The van der Waals surface area contributed by atoms with Gasteiger partial charge in [0, 0.05) is 5.02 Å². The molecular formula is C9H5ClFNO. The number of benzene rings is 1. The molecule has 0 fully saturated rings. The van der Waals surface area contributed by atoms with Crippen LogP contribution in [0, 0.1) is 17.1 Å². The molecule has 1 aromatic rings. The van der Waals surface area contributed by atoms with E-state index in [0.717, 1.165) is 12.1 Å². The van der Waals surface area contributed by atoms with E-state index < -0.39 is 11.7 Å². The second-order valence-corrected chi connectivity index (χ2v) is 2.82. The van der Waals surface area contributed by atoms with E-state index in [1.807, 2.05) is 0 Å². The standard InChI is InChI=1S/C9H5ClFNO/c10-9-3-7(11)1-2-8(9)6(4-12)5-13/h1-3,5-6H. The number of nitrogens with zero attached hydrogens (tertiary/aromatic N) is 1. The van der Waals surface area contributed by atoms with Crippen molar-refractivity contribution in [3.05, 3.63) is 34.6 Å². The minimum absolute atomic E-state index is 0.0960. The second kappa shape index (κ2) is 4.01. The fourth-order valence-electron chi connectivity index (χ4n) is 0.927. The lowest BCUT2D eigenvalue weighted by atomic mass is 10.0. The Hall–Kier alpha value is -1.40. The van der Waals surface area contributed by atoms with Crippen LogP contribution in [0.4, 0.5) is 4.39 Å². The van der Waals surface area contributed by atoms with Crippen molar-refractivity contribution in [1.82, 2.24) is 0 Å². The summed E-state index contributed by atoms with van der Waals surface area (Å²) < 4.78 is 12.6. The molecule has 0 N–H and O–H groups in total. The van der Waals surface area contributed by atoms with Crippen molar-refractivity contribution in [3.8, 4) is 6.07 Å². The average Bonchev–Trinajstić information content (AvgIpc) is 2.10. The molecule has 0 saturated heterocycles. The molecule has 1 atom stereocenters. The highest BCUT2D eigenvalue weighted by molar-refractivity contribution is 6.31. The Morgan fingerprint density at radius 3 is 2.77 bits per heavy atom. The van der Waals surface area contributed by atoms with E-state index in [1.54, 1.807) is 6.07 Å². The number of hydrogen-bond acceptors (Lipinski definition) is 2. The van der Waals surface area contributed by atoms with Crippen LogP contribution >= 0.6 is 11.6 Å². The zero-order valence-corrected chi connectivity index (χ0v) is 7.25. The Kier molecular flexibility index (Phi) is 2.99. The van der Waals surface area contributed by atoms with Gasteiger partial charge in [0.15, 0.2) is 0 Å². The van der Waals surface area contributed by atoms with Gasteiger partial charge < -0.3 is 4.79 Å². The molecule has 0 aromatic heterocycles. The van der Waals surface area contributed by atoms with Crippen LogP contribution in [-0.4, -0.2) is 6.29 Å². The first-order valence-electron chi connectivity index (χ1n) is 3.49. The third-order valence-electron chi connectivity index (χ3n) is 1.57. The SMILES string of the molecule is N#CC(C=O)c1ccc(F)cc1Cl. The van der Waals surface area contributed by atoms with E-state index >= 15 is 0 Å². The van der Waals surface area contributed by atoms with Crippen molar-refractivity contribution < 1.29 is 9.18 Å². The van der Waals surface area contributed by atoms with Crippen molar-refractivity contribution in [3.63, 3.8) is 0 Å². The molecule has 0 saturated carbocycles. The largest absolute Gasteiger partial charge is 0.302 e. The van der Waals surface area contributed by atoms with Crippen LogP contribution in [0.2, 0.25) is 5.02 Å². The van der Waals surface area contributed by atoms with E-state index in [4.69, 9.17) is 16.9 Å². The van der Waals surface area contributed by atoms with Gasteiger partial charge in [0.05, 0.1) is 6.07 Å². The maximum Gasteiger partial charge on any atom is 0.141 e. The molecule has 13 heavy (non-hydrogen) atoms. The third-order valence-corrected chi connectivity index (χ3v) is 1.90. The maximum atomic E-state index is 12.6. The van der Waals surface area contributed by atoms with Gasteiger partial charge in [-0.1, -0.05) is 17.7 Å². The van der Waals surface area contributed by atoms with Crippen LogP contribution in [0.5, 0.6) is 0 Å². The van der Waals surface area contributed by atoms with Gasteiger partial charge in [0.2, 0.25) is 0 Å². The normalized spacial score (nSPS) is 11.8. The van der Waals surface area contributed by atoms with Gasteiger partial charge in [0.25, 0.3) is 0 Å². The highest BCUT2D eigenvalue weighted by Crippen LogP contribution is 2.23. The van der Waals surface area contributed by atoms with Crippen LogP contribution in [-0.2, 0) is 4.79 Å². The molecule has 4 heteroatoms. The van der Waals surface area contributed by atoms with Gasteiger partial charge in [-0.05, 0) is 17.7 Å². The first-order valence-corrected chi connectivity index (χ1v) is 3.86. The van der Waals surface area contributed by atoms with Crippen LogP contribution in [0.1, 0.15) is 11.5 Å².